The Morgan fingerprint density at radius 1 is 0.750 bits per heavy atom. The molecule has 0 spiro atoms. The molecule has 0 aliphatic heterocycles. The molecular weight excluding hydrogens is 248 g/mol. The van der Waals surface area contributed by atoms with E-state index in [0.717, 1.165) is 19.4 Å². The highest BCUT2D eigenvalue weighted by molar-refractivity contribution is 5.83. The summed E-state index contributed by atoms with van der Waals surface area (Å²) in [5, 5.41) is 0. The molecule has 120 valence electrons. The van der Waals surface area contributed by atoms with Crippen LogP contribution in [0.15, 0.2) is 0 Å². The van der Waals surface area contributed by atoms with Gasteiger partial charge in [-0.1, -0.05) is 52.9 Å². The van der Waals surface area contributed by atoms with Crippen LogP contribution in [-0.4, -0.2) is 18.0 Å². The van der Waals surface area contributed by atoms with Crippen molar-refractivity contribution in [1.29, 1.82) is 0 Å². The summed E-state index contributed by atoms with van der Waals surface area (Å²) in [5.41, 5.74) is -0.160. The molecule has 2 heteroatoms. The predicted molar refractivity (Wildman–Crippen MR) is 87.1 cm³/mol. The van der Waals surface area contributed by atoms with Crippen molar-refractivity contribution < 1.29 is 9.53 Å². The highest BCUT2D eigenvalue weighted by Gasteiger charge is 2.19. The molecule has 0 amide bonds. The standard InChI is InChI=1S/C18H36O2/c1-17(2,3)16(19)14-12-10-8-7-9-11-13-15-20-18(4,5)6/h7-15H2,1-6H3. The van der Waals surface area contributed by atoms with Crippen LogP contribution in [0.3, 0.4) is 0 Å². The zero-order chi connectivity index (χ0) is 15.6. The first-order valence-electron chi connectivity index (χ1n) is 8.30. The second-order valence-electron chi connectivity index (χ2n) is 7.86. The molecule has 0 N–H and O–H groups in total. The maximum atomic E-state index is 11.7. The van der Waals surface area contributed by atoms with Crippen LogP contribution in [0.1, 0.15) is 92.9 Å². The summed E-state index contributed by atoms with van der Waals surface area (Å²) in [5.74, 6) is 0.400. The number of carbonyl (C=O) groups excluding carboxylic acids is 1. The van der Waals surface area contributed by atoms with Gasteiger partial charge in [0, 0.05) is 18.4 Å². The van der Waals surface area contributed by atoms with Gasteiger partial charge in [-0.25, -0.2) is 0 Å². The van der Waals surface area contributed by atoms with Crippen molar-refractivity contribution in [3.05, 3.63) is 0 Å². The number of hydrogen-bond acceptors (Lipinski definition) is 2. The second-order valence-corrected chi connectivity index (χ2v) is 7.86. The number of unbranched alkanes of at least 4 members (excludes halogenated alkanes) is 6. The van der Waals surface area contributed by atoms with Crippen molar-refractivity contribution >= 4 is 5.78 Å². The van der Waals surface area contributed by atoms with E-state index in [1.54, 1.807) is 0 Å². The minimum Gasteiger partial charge on any atom is -0.376 e. The predicted octanol–water partition coefficient (Wildman–Crippen LogP) is 5.54. The topological polar surface area (TPSA) is 26.3 Å². The Labute approximate surface area is 126 Å². The van der Waals surface area contributed by atoms with Gasteiger partial charge in [-0.05, 0) is 33.6 Å². The van der Waals surface area contributed by atoms with E-state index in [9.17, 15) is 4.79 Å². The van der Waals surface area contributed by atoms with Gasteiger partial charge >= 0.3 is 0 Å². The molecule has 0 fully saturated rings. The Hall–Kier alpha value is -0.370. The molecule has 0 aliphatic rings. The first-order valence-corrected chi connectivity index (χ1v) is 8.30. The van der Waals surface area contributed by atoms with Crippen molar-refractivity contribution in [2.24, 2.45) is 5.41 Å². The maximum Gasteiger partial charge on any atom is 0.138 e. The Morgan fingerprint density at radius 2 is 1.20 bits per heavy atom. The van der Waals surface area contributed by atoms with Crippen LogP contribution in [-0.2, 0) is 9.53 Å². The minimum absolute atomic E-state index is 0.000405. The lowest BCUT2D eigenvalue weighted by molar-refractivity contribution is -0.126. The van der Waals surface area contributed by atoms with E-state index in [0.29, 0.717) is 5.78 Å². The summed E-state index contributed by atoms with van der Waals surface area (Å²) in [4.78, 5) is 11.7. The molecule has 0 saturated carbocycles. The molecule has 0 unspecified atom stereocenters. The van der Waals surface area contributed by atoms with Gasteiger partial charge < -0.3 is 4.74 Å². The minimum atomic E-state index is -0.160. The van der Waals surface area contributed by atoms with Crippen LogP contribution in [0.5, 0.6) is 0 Å². The summed E-state index contributed by atoms with van der Waals surface area (Å²) in [7, 11) is 0. The van der Waals surface area contributed by atoms with E-state index in [-0.39, 0.29) is 11.0 Å². The number of hydrogen-bond donors (Lipinski definition) is 0. The van der Waals surface area contributed by atoms with Gasteiger partial charge in [0.25, 0.3) is 0 Å². The van der Waals surface area contributed by atoms with Gasteiger partial charge in [0.2, 0.25) is 0 Å². The lowest BCUT2D eigenvalue weighted by atomic mass is 9.88. The smallest absolute Gasteiger partial charge is 0.138 e. The number of rotatable bonds is 10. The van der Waals surface area contributed by atoms with E-state index in [4.69, 9.17) is 4.74 Å². The third-order valence-electron chi connectivity index (χ3n) is 3.42. The van der Waals surface area contributed by atoms with Crippen LogP contribution in [0, 0.1) is 5.41 Å². The molecule has 0 saturated heterocycles. The molecule has 0 atom stereocenters. The summed E-state index contributed by atoms with van der Waals surface area (Å²) in [6.07, 6.45) is 9.28. The average molecular weight is 284 g/mol. The fraction of sp³-hybridized carbons (Fsp3) is 0.944. The SMILES string of the molecule is CC(C)(C)OCCCCCCCCCC(=O)C(C)(C)C. The zero-order valence-electron chi connectivity index (χ0n) is 14.7. The van der Waals surface area contributed by atoms with Gasteiger partial charge in [-0.15, -0.1) is 0 Å². The number of ketones is 1. The van der Waals surface area contributed by atoms with E-state index in [2.05, 4.69) is 20.8 Å². The van der Waals surface area contributed by atoms with Crippen LogP contribution in [0.2, 0.25) is 0 Å². The molecular formula is C18H36O2. The monoisotopic (exact) mass is 284 g/mol. The molecule has 0 aromatic rings. The highest BCUT2D eigenvalue weighted by Crippen LogP contribution is 2.19. The molecule has 0 aliphatic carbocycles. The van der Waals surface area contributed by atoms with Crippen molar-refractivity contribution in [2.75, 3.05) is 6.61 Å². The lowest BCUT2D eigenvalue weighted by Gasteiger charge is -2.19. The fourth-order valence-corrected chi connectivity index (χ4v) is 2.02. The summed E-state index contributed by atoms with van der Waals surface area (Å²) in [6.45, 7) is 13.2. The fourth-order valence-electron chi connectivity index (χ4n) is 2.02. The molecule has 0 aromatic carbocycles. The number of ether oxygens (including phenoxy) is 1. The van der Waals surface area contributed by atoms with Crippen LogP contribution < -0.4 is 0 Å². The van der Waals surface area contributed by atoms with Gasteiger partial charge in [0.15, 0.2) is 0 Å². The van der Waals surface area contributed by atoms with Gasteiger partial charge in [0.1, 0.15) is 5.78 Å². The quantitative estimate of drug-likeness (QED) is 0.492. The molecule has 0 heterocycles. The molecule has 20 heavy (non-hydrogen) atoms. The summed E-state index contributed by atoms with van der Waals surface area (Å²) >= 11 is 0. The van der Waals surface area contributed by atoms with Crippen LogP contribution in [0.4, 0.5) is 0 Å². The molecule has 0 rings (SSSR count). The van der Waals surface area contributed by atoms with E-state index in [1.165, 1.54) is 38.5 Å². The molecule has 2 nitrogen and oxygen atoms in total. The zero-order valence-corrected chi connectivity index (χ0v) is 14.7. The van der Waals surface area contributed by atoms with E-state index < -0.39 is 0 Å². The summed E-state index contributed by atoms with van der Waals surface area (Å²) in [6, 6.07) is 0. The van der Waals surface area contributed by atoms with Crippen molar-refractivity contribution in [3.8, 4) is 0 Å². The maximum absolute atomic E-state index is 11.7. The average Bonchev–Trinajstić information content (AvgIpc) is 2.28. The third kappa shape index (κ3) is 12.7. The van der Waals surface area contributed by atoms with Gasteiger partial charge in [-0.3, -0.25) is 4.79 Å². The number of Topliss-reactive ketones (excluding diaryl/α,β-unsaturated/α-hetero) is 1. The Bertz CT molecular complexity index is 256. The molecule has 0 aromatic heterocycles. The highest BCUT2D eigenvalue weighted by atomic mass is 16.5. The van der Waals surface area contributed by atoms with Crippen molar-refractivity contribution in [3.63, 3.8) is 0 Å². The van der Waals surface area contributed by atoms with E-state index >= 15 is 0 Å². The van der Waals surface area contributed by atoms with Crippen molar-refractivity contribution in [1.82, 2.24) is 0 Å². The largest absolute Gasteiger partial charge is 0.376 e. The first-order chi connectivity index (χ1) is 9.13. The third-order valence-corrected chi connectivity index (χ3v) is 3.42. The molecule has 0 radical (unpaired) electrons. The Balaban J connectivity index is 3.28. The van der Waals surface area contributed by atoms with Crippen molar-refractivity contribution in [2.45, 2.75) is 98.5 Å². The lowest BCUT2D eigenvalue weighted by Crippen LogP contribution is -2.19. The Morgan fingerprint density at radius 3 is 1.65 bits per heavy atom. The van der Waals surface area contributed by atoms with E-state index in [1.807, 2.05) is 20.8 Å². The van der Waals surface area contributed by atoms with Crippen LogP contribution >= 0.6 is 0 Å². The van der Waals surface area contributed by atoms with Crippen LogP contribution in [0.25, 0.3) is 0 Å². The normalized spacial score (nSPS) is 12.7. The summed E-state index contributed by atoms with van der Waals surface area (Å²) < 4.78 is 5.70. The van der Waals surface area contributed by atoms with Gasteiger partial charge in [-0.2, -0.15) is 0 Å². The second kappa shape index (κ2) is 9.55. The number of carbonyl (C=O) groups is 1. The Kier molecular flexibility index (Phi) is 9.37. The van der Waals surface area contributed by atoms with Gasteiger partial charge in [0.05, 0.1) is 5.60 Å². The molecule has 0 bridgehead atoms. The first kappa shape index (κ1) is 19.6.